The molecule has 13 nitrogen and oxygen atoms in total. The van der Waals surface area contributed by atoms with E-state index in [0.717, 1.165) is 16.5 Å². The predicted octanol–water partition coefficient (Wildman–Crippen LogP) is 1.60. The maximum absolute atomic E-state index is 13.7. The monoisotopic (exact) mass is 658 g/mol. The molecule has 0 fully saturated rings. The molecule has 0 aliphatic heterocycles. The van der Waals surface area contributed by atoms with Crippen LogP contribution in [-0.4, -0.2) is 74.7 Å². The van der Waals surface area contributed by atoms with Crippen LogP contribution in [0.4, 0.5) is 0 Å². The van der Waals surface area contributed by atoms with Gasteiger partial charge in [-0.25, -0.2) is 4.79 Å². The minimum absolute atomic E-state index is 0.00952. The van der Waals surface area contributed by atoms with Gasteiger partial charge in [0.05, 0.1) is 6.04 Å². The Bertz CT molecular complexity index is 1690. The van der Waals surface area contributed by atoms with Crippen LogP contribution in [0, 0.1) is 0 Å². The molecule has 1 aromatic heterocycles. The van der Waals surface area contributed by atoms with Crippen LogP contribution >= 0.6 is 0 Å². The summed E-state index contributed by atoms with van der Waals surface area (Å²) in [6.45, 7) is 0.381. The van der Waals surface area contributed by atoms with Gasteiger partial charge >= 0.3 is 5.97 Å². The number of carbonyl (C=O) groups excluding carboxylic acids is 3. The average Bonchev–Trinajstić information content (AvgIpc) is 3.47. The van der Waals surface area contributed by atoms with Crippen molar-refractivity contribution in [3.8, 4) is 11.5 Å². The average molecular weight is 659 g/mol. The zero-order valence-electron chi connectivity index (χ0n) is 26.4. The molecule has 11 N–H and O–H groups in total. The first kappa shape index (κ1) is 35.5. The van der Waals surface area contributed by atoms with E-state index in [1.54, 1.807) is 30.5 Å². The number of carboxylic acid groups (broad SMARTS) is 1. The number of aromatic amines is 1. The largest absolute Gasteiger partial charge is 0.508 e. The van der Waals surface area contributed by atoms with Crippen LogP contribution < -0.4 is 27.4 Å². The third kappa shape index (κ3) is 10.0. The van der Waals surface area contributed by atoms with E-state index in [1.807, 2.05) is 24.3 Å². The number of carbonyl (C=O) groups is 4. The zero-order chi connectivity index (χ0) is 34.6. The second-order valence-electron chi connectivity index (χ2n) is 11.7. The molecule has 254 valence electrons. The quantitative estimate of drug-likeness (QED) is 0.0749. The van der Waals surface area contributed by atoms with Crippen LogP contribution in [0.25, 0.3) is 10.9 Å². The Labute approximate surface area is 277 Å². The van der Waals surface area contributed by atoms with Crippen LogP contribution in [0.15, 0.2) is 79.0 Å². The Balaban J connectivity index is 1.50. The molecule has 3 amide bonds. The molecular weight excluding hydrogens is 616 g/mol. The van der Waals surface area contributed by atoms with Crippen molar-refractivity contribution in [3.63, 3.8) is 0 Å². The molecule has 1 heterocycles. The van der Waals surface area contributed by atoms with Crippen LogP contribution in [0.1, 0.15) is 36.0 Å². The van der Waals surface area contributed by atoms with Gasteiger partial charge < -0.3 is 47.7 Å². The second kappa shape index (κ2) is 17.0. The van der Waals surface area contributed by atoms with Gasteiger partial charge in [-0.1, -0.05) is 42.5 Å². The Kier molecular flexibility index (Phi) is 12.5. The number of amides is 3. The second-order valence-corrected chi connectivity index (χ2v) is 11.7. The number of benzene rings is 3. The summed E-state index contributed by atoms with van der Waals surface area (Å²) in [6.07, 6.45) is 3.23. The Morgan fingerprint density at radius 2 is 1.23 bits per heavy atom. The number of H-pyrrole nitrogens is 1. The first-order chi connectivity index (χ1) is 23.0. The van der Waals surface area contributed by atoms with Gasteiger partial charge in [0, 0.05) is 29.9 Å². The summed E-state index contributed by atoms with van der Waals surface area (Å²) >= 11 is 0. The van der Waals surface area contributed by atoms with Gasteiger partial charge in [-0.2, -0.15) is 0 Å². The Hall–Kier alpha value is -5.40. The fourth-order valence-electron chi connectivity index (χ4n) is 5.36. The molecule has 0 radical (unpaired) electrons. The molecule has 0 saturated carbocycles. The SMILES string of the molecule is NCCCCC(NC(=O)C(N)Cc1c[nH]c2ccccc12)C(=O)NC(Cc1ccc(O)cc1)C(=O)NC(Cc1ccc(O)cc1)C(=O)O. The maximum Gasteiger partial charge on any atom is 0.326 e. The first-order valence-electron chi connectivity index (χ1n) is 15.7. The third-order valence-corrected chi connectivity index (χ3v) is 8.03. The summed E-state index contributed by atoms with van der Waals surface area (Å²) in [6, 6.07) is 15.0. The van der Waals surface area contributed by atoms with Crippen molar-refractivity contribution in [2.45, 2.75) is 62.7 Å². The topological polar surface area (TPSA) is 233 Å². The van der Waals surface area contributed by atoms with Crippen LogP contribution in [0.3, 0.4) is 0 Å². The highest BCUT2D eigenvalue weighted by Crippen LogP contribution is 2.19. The fourth-order valence-corrected chi connectivity index (χ4v) is 5.36. The normalized spacial score (nSPS) is 13.6. The molecule has 0 spiro atoms. The maximum atomic E-state index is 13.7. The van der Waals surface area contributed by atoms with Gasteiger partial charge in [0.2, 0.25) is 17.7 Å². The number of nitrogens with one attached hydrogen (secondary N) is 4. The smallest absolute Gasteiger partial charge is 0.326 e. The van der Waals surface area contributed by atoms with E-state index in [-0.39, 0.29) is 37.2 Å². The van der Waals surface area contributed by atoms with Crippen LogP contribution in [-0.2, 0) is 38.4 Å². The van der Waals surface area contributed by atoms with Crippen LogP contribution in [0.2, 0.25) is 0 Å². The summed E-state index contributed by atoms with van der Waals surface area (Å²) < 4.78 is 0. The molecule has 13 heteroatoms. The number of carboxylic acids is 1. The highest BCUT2D eigenvalue weighted by molar-refractivity contribution is 5.94. The minimum Gasteiger partial charge on any atom is -0.508 e. The Morgan fingerprint density at radius 3 is 1.83 bits per heavy atom. The number of phenols is 2. The van der Waals surface area contributed by atoms with E-state index < -0.39 is 47.9 Å². The summed E-state index contributed by atoms with van der Waals surface area (Å²) in [5.74, 6) is -3.22. The number of nitrogens with two attached hydrogens (primary N) is 2. The molecule has 0 saturated heterocycles. The van der Waals surface area contributed by atoms with Crippen molar-refractivity contribution in [1.82, 2.24) is 20.9 Å². The van der Waals surface area contributed by atoms with E-state index >= 15 is 0 Å². The van der Waals surface area contributed by atoms with Gasteiger partial charge in [0.15, 0.2) is 0 Å². The first-order valence-corrected chi connectivity index (χ1v) is 15.7. The highest BCUT2D eigenvalue weighted by atomic mass is 16.4. The molecule has 4 rings (SSSR count). The van der Waals surface area contributed by atoms with Gasteiger partial charge in [-0.05, 0) is 79.3 Å². The van der Waals surface area contributed by atoms with Crippen molar-refractivity contribution in [2.75, 3.05) is 6.54 Å². The Morgan fingerprint density at radius 1 is 0.688 bits per heavy atom. The van der Waals surface area contributed by atoms with E-state index in [4.69, 9.17) is 11.5 Å². The standard InChI is InChI=1S/C35H42N6O7/c36-16-4-3-7-29(39-32(44)27(37)19-23-20-38-28-6-2-1-5-26(23)28)33(45)40-30(17-21-8-12-24(42)13-9-21)34(46)41-31(35(47)48)18-22-10-14-25(43)15-11-22/h1-2,5-6,8-15,20,27,29-31,38,42-43H,3-4,7,16-19,36-37H2,(H,39,44)(H,40,45)(H,41,46)(H,47,48). The van der Waals surface area contributed by atoms with Crippen LogP contribution in [0.5, 0.6) is 11.5 Å². The summed E-state index contributed by atoms with van der Waals surface area (Å²) in [7, 11) is 0. The summed E-state index contributed by atoms with van der Waals surface area (Å²) in [4.78, 5) is 55.9. The number of aromatic nitrogens is 1. The van der Waals surface area contributed by atoms with Gasteiger partial charge in [-0.15, -0.1) is 0 Å². The zero-order valence-corrected chi connectivity index (χ0v) is 26.4. The number of unbranched alkanes of at least 4 members (excludes halogenated alkanes) is 1. The number of para-hydroxylation sites is 1. The fraction of sp³-hybridized carbons (Fsp3) is 0.314. The molecule has 4 unspecified atom stereocenters. The summed E-state index contributed by atoms with van der Waals surface area (Å²) in [5.41, 5.74) is 14.9. The number of fused-ring (bicyclic) bond motifs is 1. The molecular formula is C35H42N6O7. The number of rotatable bonds is 17. The minimum atomic E-state index is -1.34. The summed E-state index contributed by atoms with van der Waals surface area (Å²) in [5, 5.41) is 38.1. The molecule has 48 heavy (non-hydrogen) atoms. The van der Waals surface area contributed by atoms with Gasteiger partial charge in [-0.3, -0.25) is 14.4 Å². The molecule has 4 atom stereocenters. The van der Waals surface area contributed by atoms with E-state index in [9.17, 15) is 34.5 Å². The molecule has 0 aliphatic carbocycles. The molecule has 0 aliphatic rings. The number of hydrogen-bond donors (Lipinski definition) is 9. The lowest BCUT2D eigenvalue weighted by Crippen LogP contribution is -2.58. The van der Waals surface area contributed by atoms with Gasteiger partial charge in [0.25, 0.3) is 0 Å². The van der Waals surface area contributed by atoms with E-state index in [1.165, 1.54) is 24.3 Å². The molecule has 0 bridgehead atoms. The number of phenolic OH excluding ortho intramolecular Hbond substituents is 2. The lowest BCUT2D eigenvalue weighted by atomic mass is 10.0. The van der Waals surface area contributed by atoms with Crippen molar-refractivity contribution >= 4 is 34.6 Å². The lowest BCUT2D eigenvalue weighted by molar-refractivity contribution is -0.142. The third-order valence-electron chi connectivity index (χ3n) is 8.03. The van der Waals surface area contributed by atoms with Crippen molar-refractivity contribution in [1.29, 1.82) is 0 Å². The van der Waals surface area contributed by atoms with Crippen molar-refractivity contribution in [2.24, 2.45) is 11.5 Å². The highest BCUT2D eigenvalue weighted by Gasteiger charge is 2.31. The number of hydrogen-bond acceptors (Lipinski definition) is 8. The number of aromatic hydroxyl groups is 2. The number of aliphatic carboxylic acids is 1. The van der Waals surface area contributed by atoms with E-state index in [2.05, 4.69) is 20.9 Å². The van der Waals surface area contributed by atoms with E-state index in [0.29, 0.717) is 30.5 Å². The predicted molar refractivity (Wildman–Crippen MR) is 180 cm³/mol. The van der Waals surface area contributed by atoms with Crippen molar-refractivity contribution < 1.29 is 34.5 Å². The van der Waals surface area contributed by atoms with Gasteiger partial charge in [0.1, 0.15) is 29.6 Å². The molecule has 3 aromatic carbocycles. The van der Waals surface area contributed by atoms with Crippen molar-refractivity contribution in [3.05, 3.63) is 95.7 Å². The lowest BCUT2D eigenvalue weighted by Gasteiger charge is -2.25. The molecule has 4 aromatic rings.